The molecule has 43 heavy (non-hydrogen) atoms. The van der Waals surface area contributed by atoms with Crippen LogP contribution in [0.4, 0.5) is 19.0 Å². The topological polar surface area (TPSA) is 184 Å². The first-order chi connectivity index (χ1) is 19.9. The third-order valence-electron chi connectivity index (χ3n) is 8.21. The first kappa shape index (κ1) is 31.5. The van der Waals surface area contributed by atoms with Crippen LogP contribution in [0, 0.1) is 12.8 Å². The Morgan fingerprint density at radius 3 is 2.26 bits per heavy atom. The number of hydrogen-bond acceptors (Lipinski definition) is 11. The molecule has 12 nitrogen and oxygen atoms in total. The maximum absolute atomic E-state index is 13.7. The minimum Gasteiger partial charge on any atom is -0.360 e. The molecule has 0 bridgehead atoms. The molecule has 0 amide bonds. The van der Waals surface area contributed by atoms with Gasteiger partial charge in [0.05, 0.1) is 17.0 Å². The summed E-state index contributed by atoms with van der Waals surface area (Å²) >= 11 is 0. The zero-order valence-electron chi connectivity index (χ0n) is 23.8. The molecule has 2 aliphatic rings. The molecule has 1 aromatic carbocycles. The normalized spacial score (nSPS) is 23.2. The number of rotatable bonds is 8. The van der Waals surface area contributed by atoms with Gasteiger partial charge in [0.15, 0.2) is 11.5 Å². The molecule has 1 saturated carbocycles. The average Bonchev–Trinajstić information content (AvgIpc) is 3.64. The van der Waals surface area contributed by atoms with Crippen LogP contribution in [0.5, 0.6) is 0 Å². The number of benzene rings is 1. The van der Waals surface area contributed by atoms with Gasteiger partial charge in [-0.25, -0.2) is 14.4 Å². The van der Waals surface area contributed by atoms with E-state index in [1.54, 1.807) is 13.0 Å². The molecule has 2 aromatic heterocycles. The number of hydrogen-bond donors (Lipinski definition) is 7. The van der Waals surface area contributed by atoms with Gasteiger partial charge in [-0.2, -0.15) is 13.2 Å². The van der Waals surface area contributed by atoms with Crippen LogP contribution in [-0.4, -0.2) is 73.9 Å². The molecule has 2 fully saturated rings. The van der Waals surface area contributed by atoms with E-state index in [1.165, 1.54) is 30.5 Å². The smallest absolute Gasteiger partial charge is 0.360 e. The Kier molecular flexibility index (Phi) is 7.58. The van der Waals surface area contributed by atoms with Crippen molar-refractivity contribution in [2.75, 3.05) is 4.90 Å². The Bertz CT molecular complexity index is 1540. The molecular weight excluding hydrogens is 577 g/mol. The summed E-state index contributed by atoms with van der Waals surface area (Å²) in [4.78, 5) is 4.66. The standard InChI is InChI=1S/C28H35F3N4O8/c1-4-11-24(36)26(37,38)35(27(39,40)28(41,42)43-24)22-14-17(5-2)23-32-20(12-16-9-10-16)21(34(23)33-22)13-18-7-6-8-19(15(18)3)25(29,30)31/h6-8,14,16,36-42H,4-5,9-13H2,1-3H3. The largest absolute Gasteiger partial charge is 0.416 e. The highest BCUT2D eigenvalue weighted by Gasteiger charge is 2.74. The van der Waals surface area contributed by atoms with Gasteiger partial charge >= 0.3 is 24.0 Å². The Balaban J connectivity index is 1.74. The van der Waals surface area contributed by atoms with Crippen LogP contribution in [0.3, 0.4) is 0 Å². The number of aromatic nitrogens is 3. The molecule has 3 aromatic rings. The van der Waals surface area contributed by atoms with Gasteiger partial charge in [-0.1, -0.05) is 32.4 Å². The van der Waals surface area contributed by atoms with Crippen LogP contribution in [0.15, 0.2) is 24.3 Å². The highest BCUT2D eigenvalue weighted by atomic mass is 19.4. The van der Waals surface area contributed by atoms with Crippen LogP contribution in [0.2, 0.25) is 0 Å². The fourth-order valence-corrected chi connectivity index (χ4v) is 5.61. The summed E-state index contributed by atoms with van der Waals surface area (Å²) in [6.45, 7) is 4.61. The van der Waals surface area contributed by atoms with E-state index in [0.717, 1.165) is 18.9 Å². The van der Waals surface area contributed by atoms with Crippen molar-refractivity contribution in [3.05, 3.63) is 57.9 Å². The van der Waals surface area contributed by atoms with Crippen LogP contribution in [0.1, 0.15) is 73.2 Å². The Labute approximate surface area is 244 Å². The summed E-state index contributed by atoms with van der Waals surface area (Å²) in [5.74, 6) is -15.1. The molecular formula is C28H35F3N4O8. The second-order valence-electron chi connectivity index (χ2n) is 11.4. The van der Waals surface area contributed by atoms with E-state index >= 15 is 0 Å². The van der Waals surface area contributed by atoms with E-state index in [2.05, 4.69) is 9.84 Å². The maximum Gasteiger partial charge on any atom is 0.416 e. The van der Waals surface area contributed by atoms with E-state index in [4.69, 9.17) is 4.98 Å². The van der Waals surface area contributed by atoms with Crippen molar-refractivity contribution in [3.63, 3.8) is 0 Å². The summed E-state index contributed by atoms with van der Waals surface area (Å²) in [7, 11) is 0. The number of nitrogens with zero attached hydrogens (tertiary/aromatic N) is 4. The summed E-state index contributed by atoms with van der Waals surface area (Å²) in [5.41, 5.74) is 1.16. The van der Waals surface area contributed by atoms with Crippen LogP contribution in [0.25, 0.3) is 5.65 Å². The quantitative estimate of drug-likeness (QED) is 0.183. The fourth-order valence-electron chi connectivity index (χ4n) is 5.61. The number of imidazole rings is 1. The minimum absolute atomic E-state index is 0.00631. The summed E-state index contributed by atoms with van der Waals surface area (Å²) in [5, 5.41) is 80.1. The molecule has 1 saturated heterocycles. The Morgan fingerprint density at radius 2 is 1.67 bits per heavy atom. The molecule has 1 unspecified atom stereocenters. The van der Waals surface area contributed by atoms with Crippen molar-refractivity contribution >= 4 is 11.5 Å². The number of anilines is 1. The Morgan fingerprint density at radius 1 is 1.00 bits per heavy atom. The van der Waals surface area contributed by atoms with E-state index in [1.807, 2.05) is 0 Å². The van der Waals surface area contributed by atoms with Crippen molar-refractivity contribution in [2.45, 2.75) is 95.5 Å². The summed E-state index contributed by atoms with van der Waals surface area (Å²) < 4.78 is 47.0. The second kappa shape index (κ2) is 10.3. The zero-order valence-corrected chi connectivity index (χ0v) is 23.8. The Hall–Kier alpha value is -2.89. The van der Waals surface area contributed by atoms with E-state index in [9.17, 15) is 48.9 Å². The lowest BCUT2D eigenvalue weighted by Gasteiger charge is -2.57. The first-order valence-electron chi connectivity index (χ1n) is 14.0. The number of ether oxygens (including phenoxy) is 1. The molecule has 0 spiro atoms. The zero-order chi connectivity index (χ0) is 31.8. The van der Waals surface area contributed by atoms with Gasteiger partial charge in [0, 0.05) is 18.4 Å². The van der Waals surface area contributed by atoms with Crippen molar-refractivity contribution in [1.82, 2.24) is 14.6 Å². The van der Waals surface area contributed by atoms with Crippen molar-refractivity contribution in [3.8, 4) is 0 Å². The van der Waals surface area contributed by atoms with Crippen molar-refractivity contribution in [1.29, 1.82) is 0 Å². The monoisotopic (exact) mass is 612 g/mol. The predicted molar refractivity (Wildman–Crippen MR) is 143 cm³/mol. The minimum atomic E-state index is -4.58. The molecule has 1 atom stereocenters. The first-order valence-corrected chi connectivity index (χ1v) is 14.0. The van der Waals surface area contributed by atoms with Gasteiger partial charge in [0.2, 0.25) is 5.79 Å². The van der Waals surface area contributed by atoms with Gasteiger partial charge in [-0.3, -0.25) is 4.74 Å². The van der Waals surface area contributed by atoms with Gasteiger partial charge < -0.3 is 35.7 Å². The van der Waals surface area contributed by atoms with Crippen LogP contribution >= 0.6 is 0 Å². The molecule has 5 rings (SSSR count). The number of fused-ring (bicyclic) bond motifs is 1. The molecule has 7 N–H and O–H groups in total. The highest BCUT2D eigenvalue weighted by molar-refractivity contribution is 5.58. The number of alkyl halides is 3. The molecule has 0 radical (unpaired) electrons. The van der Waals surface area contributed by atoms with Gasteiger partial charge in [0.1, 0.15) is 0 Å². The number of aryl methyl sites for hydroxylation is 1. The van der Waals surface area contributed by atoms with E-state index in [-0.39, 0.29) is 29.7 Å². The molecule has 1 aliphatic heterocycles. The lowest BCUT2D eigenvalue weighted by molar-refractivity contribution is -0.569. The third kappa shape index (κ3) is 5.17. The number of morpholine rings is 1. The second-order valence-corrected chi connectivity index (χ2v) is 11.4. The lowest BCUT2D eigenvalue weighted by atomic mass is 9.97. The van der Waals surface area contributed by atoms with Crippen LogP contribution < -0.4 is 4.90 Å². The third-order valence-corrected chi connectivity index (χ3v) is 8.21. The summed E-state index contributed by atoms with van der Waals surface area (Å²) in [6.07, 6.45) is -2.54. The summed E-state index contributed by atoms with van der Waals surface area (Å²) in [6, 6.07) is 5.04. The fraction of sp³-hybridized carbons (Fsp3) is 0.571. The SMILES string of the molecule is CCCC1(O)OC(O)(O)C(O)(O)N(c2cc(CC)c3nc(CC4CC4)c(Cc4cccc(C(F)(F)F)c4C)n3n2)C1(O)O. The molecule has 15 heteroatoms. The molecule has 1 aliphatic carbocycles. The van der Waals surface area contributed by atoms with E-state index in [0.29, 0.717) is 40.5 Å². The lowest BCUT2D eigenvalue weighted by Crippen LogP contribution is -2.84. The van der Waals surface area contributed by atoms with Crippen molar-refractivity contribution in [2.24, 2.45) is 5.92 Å². The van der Waals surface area contributed by atoms with Gasteiger partial charge in [-0.15, -0.1) is 5.10 Å². The number of halogens is 3. The van der Waals surface area contributed by atoms with Gasteiger partial charge in [-0.05, 0) is 61.8 Å². The highest BCUT2D eigenvalue weighted by Crippen LogP contribution is 2.47. The predicted octanol–water partition coefficient (Wildman–Crippen LogP) is 1.40. The van der Waals surface area contributed by atoms with Crippen molar-refractivity contribution < 1.29 is 53.7 Å². The number of aliphatic hydroxyl groups is 7. The average molecular weight is 613 g/mol. The molecule has 236 valence electrons. The van der Waals surface area contributed by atoms with E-state index < -0.39 is 47.6 Å². The van der Waals surface area contributed by atoms with Crippen LogP contribution in [-0.2, 0) is 30.2 Å². The van der Waals surface area contributed by atoms with Gasteiger partial charge in [0.25, 0.3) is 0 Å². The molecule has 3 heterocycles. The maximum atomic E-state index is 13.7.